The van der Waals surface area contributed by atoms with Crippen LogP contribution in [0.3, 0.4) is 0 Å². The number of aromatic nitrogens is 5. The molecule has 1 saturated carbocycles. The third kappa shape index (κ3) is 4.02. The van der Waals surface area contributed by atoms with Gasteiger partial charge in [0.05, 0.1) is 33.7 Å². The van der Waals surface area contributed by atoms with Crippen LogP contribution in [0.1, 0.15) is 18.5 Å². The molecule has 1 aliphatic rings. The highest BCUT2D eigenvalue weighted by Crippen LogP contribution is 2.37. The molecule has 1 aromatic carbocycles. The number of fused-ring (bicyclic) bond motifs is 1. The summed E-state index contributed by atoms with van der Waals surface area (Å²) in [6, 6.07) is 4.80. The third-order valence-electron chi connectivity index (χ3n) is 5.83. The highest BCUT2D eigenvalue weighted by Gasteiger charge is 2.24. The SMILES string of the molecule is Cc1n[nH]cc1-c1ncc2c(=O)n(C)cc(-c3cc(S(C)(=O)=O)ccc3OCC3CC3)c2n1. The van der Waals surface area contributed by atoms with E-state index in [9.17, 15) is 13.2 Å². The second-order valence-electron chi connectivity index (χ2n) is 8.48. The van der Waals surface area contributed by atoms with Gasteiger partial charge in [-0.25, -0.2) is 18.4 Å². The number of rotatable bonds is 6. The fourth-order valence-corrected chi connectivity index (χ4v) is 4.37. The fourth-order valence-electron chi connectivity index (χ4n) is 3.73. The number of aryl methyl sites for hydroxylation is 2. The Bertz CT molecular complexity index is 1550. The second-order valence-corrected chi connectivity index (χ2v) is 10.5. The smallest absolute Gasteiger partial charge is 0.261 e. The van der Waals surface area contributed by atoms with E-state index in [0.717, 1.165) is 30.4 Å². The number of aromatic amines is 1. The molecule has 1 aliphatic carbocycles. The van der Waals surface area contributed by atoms with E-state index in [-0.39, 0.29) is 10.5 Å². The van der Waals surface area contributed by atoms with Crippen molar-refractivity contribution in [1.29, 1.82) is 0 Å². The Morgan fingerprint density at radius 3 is 2.67 bits per heavy atom. The minimum absolute atomic E-state index is 0.165. The Balaban J connectivity index is 1.78. The maximum absolute atomic E-state index is 12.8. The van der Waals surface area contributed by atoms with Gasteiger partial charge in [0.2, 0.25) is 0 Å². The van der Waals surface area contributed by atoms with Crippen molar-refractivity contribution in [3.05, 3.63) is 52.8 Å². The number of nitrogens with zero attached hydrogens (tertiary/aromatic N) is 4. The molecule has 3 aromatic heterocycles. The van der Waals surface area contributed by atoms with Crippen LogP contribution in [-0.4, -0.2) is 46.0 Å². The van der Waals surface area contributed by atoms with Gasteiger partial charge in [-0.05, 0) is 43.9 Å². The van der Waals surface area contributed by atoms with Crippen LogP contribution in [0.4, 0.5) is 0 Å². The van der Waals surface area contributed by atoms with Crippen LogP contribution in [-0.2, 0) is 16.9 Å². The van der Waals surface area contributed by atoms with E-state index in [2.05, 4.69) is 15.2 Å². The summed E-state index contributed by atoms with van der Waals surface area (Å²) in [6.07, 6.45) is 8.28. The first-order chi connectivity index (χ1) is 15.7. The van der Waals surface area contributed by atoms with E-state index in [4.69, 9.17) is 9.72 Å². The molecule has 0 radical (unpaired) electrons. The highest BCUT2D eigenvalue weighted by atomic mass is 32.2. The van der Waals surface area contributed by atoms with Crippen molar-refractivity contribution >= 4 is 20.7 Å². The van der Waals surface area contributed by atoms with Gasteiger partial charge in [-0.1, -0.05) is 0 Å². The molecule has 1 N–H and O–H groups in total. The Morgan fingerprint density at radius 2 is 2.00 bits per heavy atom. The molecular formula is C23H23N5O4S. The molecule has 0 aliphatic heterocycles. The van der Waals surface area contributed by atoms with E-state index in [1.54, 1.807) is 37.6 Å². The summed E-state index contributed by atoms with van der Waals surface area (Å²) in [5.74, 6) is 1.49. The zero-order valence-corrected chi connectivity index (χ0v) is 19.3. The normalized spacial score (nSPS) is 14.0. The minimum Gasteiger partial charge on any atom is -0.493 e. The monoisotopic (exact) mass is 465 g/mol. The van der Waals surface area contributed by atoms with E-state index in [1.165, 1.54) is 10.8 Å². The summed E-state index contributed by atoms with van der Waals surface area (Å²) in [7, 11) is -1.82. The van der Waals surface area contributed by atoms with Gasteiger partial charge < -0.3 is 9.30 Å². The molecule has 0 unspecified atom stereocenters. The van der Waals surface area contributed by atoms with Gasteiger partial charge in [0.1, 0.15) is 5.75 Å². The summed E-state index contributed by atoms with van der Waals surface area (Å²) >= 11 is 0. The lowest BCUT2D eigenvalue weighted by Crippen LogP contribution is -2.18. The number of benzene rings is 1. The largest absolute Gasteiger partial charge is 0.493 e. The number of hydrogen-bond donors (Lipinski definition) is 1. The lowest BCUT2D eigenvalue weighted by atomic mass is 10.0. The van der Waals surface area contributed by atoms with Gasteiger partial charge in [-0.15, -0.1) is 0 Å². The molecule has 9 nitrogen and oxygen atoms in total. The van der Waals surface area contributed by atoms with Crippen molar-refractivity contribution in [1.82, 2.24) is 24.7 Å². The van der Waals surface area contributed by atoms with Gasteiger partial charge in [0, 0.05) is 43.0 Å². The summed E-state index contributed by atoms with van der Waals surface area (Å²) in [6.45, 7) is 2.40. The standard InChI is InChI=1S/C23H23N5O4S/c1-13-17(10-25-27-13)22-24-9-18-21(26-22)19(11-28(2)23(18)29)16-8-15(33(3,30)31)6-7-20(16)32-12-14-4-5-14/h6-11,14H,4-5,12H2,1-3H3,(H,25,27). The average Bonchev–Trinajstić information content (AvgIpc) is 3.52. The van der Waals surface area contributed by atoms with Crippen molar-refractivity contribution in [3.63, 3.8) is 0 Å². The molecule has 5 rings (SSSR count). The summed E-state index contributed by atoms with van der Waals surface area (Å²) in [5, 5.41) is 7.25. The predicted molar refractivity (Wildman–Crippen MR) is 124 cm³/mol. The maximum atomic E-state index is 12.8. The van der Waals surface area contributed by atoms with E-state index < -0.39 is 9.84 Å². The topological polar surface area (TPSA) is 120 Å². The Kier molecular flexibility index (Phi) is 5.04. The van der Waals surface area contributed by atoms with Crippen LogP contribution < -0.4 is 10.3 Å². The summed E-state index contributed by atoms with van der Waals surface area (Å²) in [5.41, 5.74) is 2.78. The van der Waals surface area contributed by atoms with Gasteiger partial charge in [-0.2, -0.15) is 5.10 Å². The molecule has 0 saturated heterocycles. The molecule has 0 atom stereocenters. The van der Waals surface area contributed by atoms with Crippen molar-refractivity contribution < 1.29 is 13.2 Å². The molecule has 0 bridgehead atoms. The fraction of sp³-hybridized carbons (Fsp3) is 0.304. The third-order valence-corrected chi connectivity index (χ3v) is 6.94. The summed E-state index contributed by atoms with van der Waals surface area (Å²) in [4.78, 5) is 22.1. The molecule has 4 aromatic rings. The number of ether oxygens (including phenoxy) is 1. The molecule has 0 spiro atoms. The molecule has 1 fully saturated rings. The molecule has 0 amide bonds. The van der Waals surface area contributed by atoms with Crippen LogP contribution in [0.5, 0.6) is 5.75 Å². The molecular weight excluding hydrogens is 442 g/mol. The van der Waals surface area contributed by atoms with Crippen LogP contribution >= 0.6 is 0 Å². The molecule has 3 heterocycles. The van der Waals surface area contributed by atoms with Crippen molar-refractivity contribution in [2.75, 3.05) is 12.9 Å². The Morgan fingerprint density at radius 1 is 1.21 bits per heavy atom. The zero-order valence-electron chi connectivity index (χ0n) is 18.5. The molecule has 10 heteroatoms. The van der Waals surface area contributed by atoms with E-state index in [0.29, 0.717) is 46.1 Å². The van der Waals surface area contributed by atoms with E-state index >= 15 is 0 Å². The van der Waals surface area contributed by atoms with Gasteiger partial charge in [0.15, 0.2) is 15.7 Å². The van der Waals surface area contributed by atoms with Crippen LogP contribution in [0.2, 0.25) is 0 Å². The first kappa shape index (κ1) is 21.3. The van der Waals surface area contributed by atoms with Crippen LogP contribution in [0.15, 0.2) is 46.5 Å². The number of sulfone groups is 1. The maximum Gasteiger partial charge on any atom is 0.261 e. The highest BCUT2D eigenvalue weighted by molar-refractivity contribution is 7.90. The van der Waals surface area contributed by atoms with Crippen molar-refractivity contribution in [2.45, 2.75) is 24.7 Å². The van der Waals surface area contributed by atoms with Crippen molar-refractivity contribution in [2.24, 2.45) is 13.0 Å². The quantitative estimate of drug-likeness (QED) is 0.465. The van der Waals surface area contributed by atoms with Crippen LogP contribution in [0, 0.1) is 12.8 Å². The van der Waals surface area contributed by atoms with E-state index in [1.807, 2.05) is 6.92 Å². The summed E-state index contributed by atoms with van der Waals surface area (Å²) < 4.78 is 32.1. The lowest BCUT2D eigenvalue weighted by molar-refractivity contribution is 0.301. The van der Waals surface area contributed by atoms with Gasteiger partial charge in [-0.3, -0.25) is 9.89 Å². The molecule has 170 valence electrons. The van der Waals surface area contributed by atoms with Gasteiger partial charge in [0.25, 0.3) is 5.56 Å². The minimum atomic E-state index is -3.46. The second kappa shape index (κ2) is 7.80. The Hall–Kier alpha value is -3.53. The number of hydrogen-bond acceptors (Lipinski definition) is 7. The lowest BCUT2D eigenvalue weighted by Gasteiger charge is -2.15. The number of pyridine rings is 1. The zero-order chi connectivity index (χ0) is 23.3. The van der Waals surface area contributed by atoms with Crippen molar-refractivity contribution in [3.8, 4) is 28.3 Å². The van der Waals surface area contributed by atoms with Crippen LogP contribution in [0.25, 0.3) is 33.4 Å². The molecule has 33 heavy (non-hydrogen) atoms. The number of nitrogens with one attached hydrogen (secondary N) is 1. The average molecular weight is 466 g/mol. The van der Waals surface area contributed by atoms with Gasteiger partial charge >= 0.3 is 0 Å². The first-order valence-corrected chi connectivity index (χ1v) is 12.5. The Labute approximate surface area is 190 Å². The first-order valence-electron chi connectivity index (χ1n) is 10.6. The predicted octanol–water partition coefficient (Wildman–Crippen LogP) is 2.89. The number of H-pyrrole nitrogens is 1.